The van der Waals surface area contributed by atoms with Crippen molar-refractivity contribution in [2.45, 2.75) is 6.92 Å². The number of furan rings is 1. The highest BCUT2D eigenvalue weighted by molar-refractivity contribution is 6.31. The Bertz CT molecular complexity index is 1270. The Labute approximate surface area is 149 Å². The van der Waals surface area contributed by atoms with Crippen LogP contribution in [-0.4, -0.2) is 4.98 Å². The van der Waals surface area contributed by atoms with E-state index in [4.69, 9.17) is 16.0 Å². The van der Waals surface area contributed by atoms with Crippen molar-refractivity contribution >= 4 is 44.3 Å². The average Bonchev–Trinajstić information content (AvgIpc) is 2.99. The van der Waals surface area contributed by atoms with Crippen LogP contribution >= 0.6 is 11.6 Å². The number of rotatable bonds is 1. The summed E-state index contributed by atoms with van der Waals surface area (Å²) in [5.41, 5.74) is 4.89. The minimum Gasteiger partial charge on any atom is -0.455 e. The number of hydrogen-bond acceptors (Lipinski definition) is 2. The summed E-state index contributed by atoms with van der Waals surface area (Å²) in [5, 5.41) is 5.12. The zero-order valence-corrected chi connectivity index (χ0v) is 14.3. The maximum Gasteiger partial charge on any atom is 0.144 e. The molecule has 0 fully saturated rings. The Morgan fingerprint density at radius 3 is 2.68 bits per heavy atom. The molecule has 3 aromatic carbocycles. The number of hydrogen-bond donors (Lipinski definition) is 0. The van der Waals surface area contributed by atoms with Gasteiger partial charge in [0.1, 0.15) is 11.2 Å². The molecule has 0 unspecified atom stereocenters. The predicted molar refractivity (Wildman–Crippen MR) is 104 cm³/mol. The molecule has 0 amide bonds. The first-order chi connectivity index (χ1) is 12.2. The summed E-state index contributed by atoms with van der Waals surface area (Å²) in [6.45, 7) is 2.10. The van der Waals surface area contributed by atoms with Gasteiger partial charge in [-0.25, -0.2) is 0 Å². The number of aromatic nitrogens is 1. The minimum absolute atomic E-state index is 0.725. The maximum absolute atomic E-state index is 6.20. The molecule has 25 heavy (non-hydrogen) atoms. The lowest BCUT2D eigenvalue weighted by Gasteiger charge is -2.08. The first-order valence-electron chi connectivity index (χ1n) is 8.17. The van der Waals surface area contributed by atoms with Crippen LogP contribution in [0.25, 0.3) is 44.0 Å². The molecule has 0 atom stereocenters. The van der Waals surface area contributed by atoms with E-state index < -0.39 is 0 Å². The summed E-state index contributed by atoms with van der Waals surface area (Å²) >= 11 is 6.15. The highest BCUT2D eigenvalue weighted by atomic mass is 35.5. The topological polar surface area (TPSA) is 26.0 Å². The van der Waals surface area contributed by atoms with Gasteiger partial charge >= 0.3 is 0 Å². The normalized spacial score (nSPS) is 11.6. The second-order valence-electron chi connectivity index (χ2n) is 6.31. The highest BCUT2D eigenvalue weighted by Crippen LogP contribution is 2.38. The summed E-state index contributed by atoms with van der Waals surface area (Å²) in [6, 6.07) is 20.3. The first-order valence-corrected chi connectivity index (χ1v) is 8.55. The Kier molecular flexibility index (Phi) is 3.09. The molecule has 0 spiro atoms. The van der Waals surface area contributed by atoms with Gasteiger partial charge in [-0.15, -0.1) is 0 Å². The number of pyridine rings is 1. The molecule has 0 saturated heterocycles. The zero-order valence-electron chi connectivity index (χ0n) is 13.6. The molecule has 5 aromatic rings. The molecule has 2 aromatic heterocycles. The third kappa shape index (κ3) is 2.22. The van der Waals surface area contributed by atoms with Gasteiger partial charge in [-0.1, -0.05) is 35.9 Å². The molecule has 2 heterocycles. The van der Waals surface area contributed by atoms with Gasteiger partial charge in [0, 0.05) is 32.9 Å². The second-order valence-corrected chi connectivity index (χ2v) is 6.75. The smallest absolute Gasteiger partial charge is 0.144 e. The van der Waals surface area contributed by atoms with E-state index in [1.165, 1.54) is 5.56 Å². The van der Waals surface area contributed by atoms with Gasteiger partial charge in [0.2, 0.25) is 0 Å². The van der Waals surface area contributed by atoms with Crippen molar-refractivity contribution in [3.63, 3.8) is 0 Å². The molecule has 0 bridgehead atoms. The van der Waals surface area contributed by atoms with Crippen LogP contribution in [-0.2, 0) is 0 Å². The molecule has 5 rings (SSSR count). The zero-order chi connectivity index (χ0) is 17.0. The van der Waals surface area contributed by atoms with E-state index in [9.17, 15) is 0 Å². The van der Waals surface area contributed by atoms with Crippen LogP contribution in [0.1, 0.15) is 5.56 Å². The number of halogens is 1. The van der Waals surface area contributed by atoms with Gasteiger partial charge in [0.15, 0.2) is 0 Å². The quantitative estimate of drug-likeness (QED) is 0.336. The lowest BCUT2D eigenvalue weighted by Crippen LogP contribution is -1.88. The molecule has 0 aliphatic rings. The van der Waals surface area contributed by atoms with Crippen molar-refractivity contribution in [2.75, 3.05) is 0 Å². The van der Waals surface area contributed by atoms with Crippen LogP contribution in [0.3, 0.4) is 0 Å². The molecular weight excluding hydrogens is 330 g/mol. The minimum atomic E-state index is 0.725. The summed E-state index contributed by atoms with van der Waals surface area (Å²) in [4.78, 5) is 4.67. The molecule has 120 valence electrons. The number of benzene rings is 3. The van der Waals surface area contributed by atoms with Crippen molar-refractivity contribution in [3.05, 3.63) is 77.4 Å². The van der Waals surface area contributed by atoms with Crippen molar-refractivity contribution in [2.24, 2.45) is 0 Å². The van der Waals surface area contributed by atoms with Crippen LogP contribution in [0.5, 0.6) is 0 Å². The number of aryl methyl sites for hydroxylation is 1. The Hall–Kier alpha value is -2.84. The lowest BCUT2D eigenvalue weighted by molar-refractivity contribution is 0.670. The second kappa shape index (κ2) is 5.33. The predicted octanol–water partition coefficient (Wildman–Crippen LogP) is 6.76. The van der Waals surface area contributed by atoms with Crippen molar-refractivity contribution < 1.29 is 4.42 Å². The molecule has 0 aliphatic carbocycles. The van der Waals surface area contributed by atoms with Crippen LogP contribution in [0.4, 0.5) is 0 Å². The first kappa shape index (κ1) is 14.5. The molecular formula is C22H14ClNO. The Morgan fingerprint density at radius 1 is 0.880 bits per heavy atom. The van der Waals surface area contributed by atoms with E-state index >= 15 is 0 Å². The molecule has 2 nitrogen and oxygen atoms in total. The SMILES string of the molecule is Cc1cc(-c2nccc3cc(Cl)ccc23)c2oc3ccccc3c2c1. The monoisotopic (exact) mass is 343 g/mol. The van der Waals surface area contributed by atoms with E-state index in [1.807, 2.05) is 48.7 Å². The fraction of sp³-hybridized carbons (Fsp3) is 0.0455. The molecule has 3 heteroatoms. The number of nitrogens with zero attached hydrogens (tertiary/aromatic N) is 1. The van der Waals surface area contributed by atoms with Gasteiger partial charge in [-0.05, 0) is 54.3 Å². The van der Waals surface area contributed by atoms with Crippen molar-refractivity contribution in [1.29, 1.82) is 0 Å². The standard InChI is InChI=1S/C22H14ClNO/c1-13-10-18-17-4-2-3-5-20(17)25-22(18)19(11-13)21-16-7-6-15(23)12-14(16)8-9-24-21/h2-12H,1H3. The van der Waals surface area contributed by atoms with E-state index in [1.54, 1.807) is 0 Å². The van der Waals surface area contributed by atoms with E-state index in [0.717, 1.165) is 49.0 Å². The van der Waals surface area contributed by atoms with Gasteiger partial charge in [-0.3, -0.25) is 4.98 Å². The third-order valence-corrected chi connectivity index (χ3v) is 4.84. The van der Waals surface area contributed by atoms with E-state index in [0.29, 0.717) is 0 Å². The summed E-state index contributed by atoms with van der Waals surface area (Å²) in [6.07, 6.45) is 1.82. The Morgan fingerprint density at radius 2 is 1.76 bits per heavy atom. The van der Waals surface area contributed by atoms with Crippen LogP contribution < -0.4 is 0 Å². The average molecular weight is 344 g/mol. The molecule has 0 aliphatic heterocycles. The number of para-hydroxylation sites is 1. The highest BCUT2D eigenvalue weighted by Gasteiger charge is 2.15. The Balaban J connectivity index is 1.93. The largest absolute Gasteiger partial charge is 0.455 e. The van der Waals surface area contributed by atoms with Gasteiger partial charge < -0.3 is 4.42 Å². The van der Waals surface area contributed by atoms with Crippen molar-refractivity contribution in [1.82, 2.24) is 4.98 Å². The van der Waals surface area contributed by atoms with Crippen LogP contribution in [0.15, 0.2) is 71.3 Å². The van der Waals surface area contributed by atoms with Gasteiger partial charge in [0.25, 0.3) is 0 Å². The fourth-order valence-corrected chi connectivity index (χ4v) is 3.69. The van der Waals surface area contributed by atoms with E-state index in [-0.39, 0.29) is 0 Å². The van der Waals surface area contributed by atoms with Crippen LogP contribution in [0, 0.1) is 6.92 Å². The van der Waals surface area contributed by atoms with Crippen molar-refractivity contribution in [3.8, 4) is 11.3 Å². The lowest BCUT2D eigenvalue weighted by atomic mass is 9.99. The van der Waals surface area contributed by atoms with Gasteiger partial charge in [-0.2, -0.15) is 0 Å². The number of fused-ring (bicyclic) bond motifs is 4. The molecule has 0 N–H and O–H groups in total. The summed E-state index contributed by atoms with van der Waals surface area (Å²) in [5.74, 6) is 0. The maximum atomic E-state index is 6.20. The fourth-order valence-electron chi connectivity index (χ4n) is 3.51. The van der Waals surface area contributed by atoms with E-state index in [2.05, 4.69) is 30.1 Å². The van der Waals surface area contributed by atoms with Gasteiger partial charge in [0.05, 0.1) is 5.69 Å². The molecule has 0 radical (unpaired) electrons. The summed E-state index contributed by atoms with van der Waals surface area (Å²) < 4.78 is 6.20. The molecule has 0 saturated carbocycles. The van der Waals surface area contributed by atoms with Crippen LogP contribution in [0.2, 0.25) is 5.02 Å². The summed E-state index contributed by atoms with van der Waals surface area (Å²) in [7, 11) is 0. The third-order valence-electron chi connectivity index (χ3n) is 4.60.